The number of rotatable bonds is 5. The molecule has 0 spiro atoms. The van der Waals surface area contributed by atoms with Gasteiger partial charge in [-0.2, -0.15) is 5.10 Å². The van der Waals surface area contributed by atoms with Crippen LogP contribution in [-0.4, -0.2) is 65.9 Å². The highest BCUT2D eigenvalue weighted by molar-refractivity contribution is 7.89. The van der Waals surface area contributed by atoms with Crippen LogP contribution in [0.15, 0.2) is 16.9 Å². The van der Waals surface area contributed by atoms with E-state index in [1.54, 1.807) is 15.1 Å². The number of hydrogen-bond acceptors (Lipinski definition) is 5. The van der Waals surface area contributed by atoms with E-state index in [0.717, 1.165) is 44.6 Å². The number of sulfonamides is 1. The first-order chi connectivity index (χ1) is 12.6. The van der Waals surface area contributed by atoms with E-state index in [-0.39, 0.29) is 11.0 Å². The third-order valence-corrected chi connectivity index (χ3v) is 7.60. The molecule has 2 saturated heterocycles. The second kappa shape index (κ2) is 8.01. The van der Waals surface area contributed by atoms with Crippen molar-refractivity contribution < 1.29 is 8.42 Å². The average molecular weight is 397 g/mol. The van der Waals surface area contributed by atoms with Crippen LogP contribution in [0.2, 0.25) is 0 Å². The van der Waals surface area contributed by atoms with E-state index in [9.17, 15) is 13.2 Å². The molecule has 3 rings (SSSR count). The number of nitrogens with zero attached hydrogens (tertiary/aromatic N) is 4. The first kappa shape index (κ1) is 20.5. The monoisotopic (exact) mass is 396 g/mol. The lowest BCUT2D eigenvalue weighted by atomic mass is 9.92. The van der Waals surface area contributed by atoms with E-state index in [2.05, 4.69) is 30.8 Å². The van der Waals surface area contributed by atoms with Gasteiger partial charge in [-0.25, -0.2) is 17.4 Å². The molecule has 0 unspecified atom stereocenters. The van der Waals surface area contributed by atoms with Gasteiger partial charge in [0.2, 0.25) is 10.0 Å². The molecule has 1 aromatic heterocycles. The Balaban J connectivity index is 1.51. The third kappa shape index (κ3) is 5.18. The van der Waals surface area contributed by atoms with Gasteiger partial charge in [0.15, 0.2) is 0 Å². The summed E-state index contributed by atoms with van der Waals surface area (Å²) >= 11 is 0. The molecule has 3 heterocycles. The number of piperidine rings is 1. The van der Waals surface area contributed by atoms with E-state index in [4.69, 9.17) is 0 Å². The Bertz CT molecular complexity index is 805. The fourth-order valence-corrected chi connectivity index (χ4v) is 5.33. The molecule has 1 aromatic rings. The molecule has 0 aliphatic carbocycles. The van der Waals surface area contributed by atoms with E-state index in [1.807, 2.05) is 6.07 Å². The zero-order chi connectivity index (χ0) is 19.7. The predicted molar refractivity (Wildman–Crippen MR) is 106 cm³/mol. The Morgan fingerprint density at radius 1 is 1.11 bits per heavy atom. The number of likely N-dealkylation sites (tertiary alicyclic amines) is 1. The Kier molecular flexibility index (Phi) is 6.08. The van der Waals surface area contributed by atoms with Crippen LogP contribution in [-0.2, 0) is 22.0 Å². The Hall–Kier alpha value is -1.25. The first-order valence-electron chi connectivity index (χ1n) is 9.94. The van der Waals surface area contributed by atoms with Gasteiger partial charge >= 0.3 is 0 Å². The normalized spacial score (nSPS) is 22.3. The molecule has 7 nitrogen and oxygen atoms in total. The smallest absolute Gasteiger partial charge is 0.266 e. The van der Waals surface area contributed by atoms with Gasteiger partial charge in [0.1, 0.15) is 0 Å². The molecule has 8 heteroatoms. The number of aromatic nitrogens is 2. The van der Waals surface area contributed by atoms with Gasteiger partial charge in [0.25, 0.3) is 5.56 Å². The van der Waals surface area contributed by atoms with Crippen LogP contribution in [0.5, 0.6) is 0 Å². The van der Waals surface area contributed by atoms with Crippen LogP contribution in [0.1, 0.15) is 45.7 Å². The van der Waals surface area contributed by atoms with Crippen molar-refractivity contribution in [1.82, 2.24) is 19.0 Å². The zero-order valence-electron chi connectivity index (χ0n) is 16.7. The maximum atomic E-state index is 12.2. The topological polar surface area (TPSA) is 75.5 Å². The van der Waals surface area contributed by atoms with Crippen molar-refractivity contribution in [3.8, 4) is 0 Å². The molecule has 0 amide bonds. The highest BCUT2D eigenvalue weighted by Crippen LogP contribution is 2.21. The van der Waals surface area contributed by atoms with Gasteiger partial charge in [-0.05, 0) is 44.3 Å². The molecule has 2 aliphatic heterocycles. The van der Waals surface area contributed by atoms with Crippen LogP contribution < -0.4 is 5.56 Å². The minimum Gasteiger partial charge on any atom is -0.302 e. The second-order valence-electron chi connectivity index (χ2n) is 8.84. The second-order valence-corrected chi connectivity index (χ2v) is 10.9. The van der Waals surface area contributed by atoms with Gasteiger partial charge in [-0.15, -0.1) is 0 Å². The number of hydrogen-bond donors (Lipinski definition) is 0. The average Bonchev–Trinajstić information content (AvgIpc) is 2.93. The molecule has 0 bridgehead atoms. The summed E-state index contributed by atoms with van der Waals surface area (Å²) in [7, 11) is -3.00. The van der Waals surface area contributed by atoms with Crippen molar-refractivity contribution in [2.75, 3.05) is 38.5 Å². The highest BCUT2D eigenvalue weighted by Gasteiger charge is 2.29. The largest absolute Gasteiger partial charge is 0.302 e. The fraction of sp³-hybridized carbons (Fsp3) is 0.789. The highest BCUT2D eigenvalue weighted by atomic mass is 32.2. The summed E-state index contributed by atoms with van der Waals surface area (Å²) < 4.78 is 27.0. The summed E-state index contributed by atoms with van der Waals surface area (Å²) in [5.41, 5.74) is 0.824. The van der Waals surface area contributed by atoms with E-state index >= 15 is 0 Å². The predicted octanol–water partition coefficient (Wildman–Crippen LogP) is 1.29. The van der Waals surface area contributed by atoms with Gasteiger partial charge < -0.3 is 4.90 Å². The van der Waals surface area contributed by atoms with Gasteiger partial charge in [-0.3, -0.25) is 4.79 Å². The van der Waals surface area contributed by atoms with E-state index in [0.29, 0.717) is 31.3 Å². The lowest BCUT2D eigenvalue weighted by Crippen LogP contribution is -2.41. The fourth-order valence-electron chi connectivity index (χ4n) is 3.81. The van der Waals surface area contributed by atoms with Crippen LogP contribution in [0.3, 0.4) is 0 Å². The lowest BCUT2D eigenvalue weighted by molar-refractivity contribution is 0.162. The van der Waals surface area contributed by atoms with Crippen molar-refractivity contribution in [2.45, 2.75) is 52.0 Å². The van der Waals surface area contributed by atoms with Crippen molar-refractivity contribution in [3.05, 3.63) is 28.2 Å². The van der Waals surface area contributed by atoms with E-state index in [1.165, 1.54) is 0 Å². The Morgan fingerprint density at radius 3 is 2.41 bits per heavy atom. The summed E-state index contributed by atoms with van der Waals surface area (Å²) in [6.07, 6.45) is 2.78. The molecule has 0 atom stereocenters. The SMILES string of the molecule is CC(C)(C)c1ccc(=O)n(CC2CCN(CCN3CCCS3(=O)=O)CC2)n1. The molecule has 27 heavy (non-hydrogen) atoms. The molecule has 2 aliphatic rings. The van der Waals surface area contributed by atoms with Crippen LogP contribution in [0.4, 0.5) is 0 Å². The van der Waals surface area contributed by atoms with Crippen molar-refractivity contribution in [1.29, 1.82) is 0 Å². The molecule has 152 valence electrons. The van der Waals surface area contributed by atoms with Gasteiger partial charge in [0, 0.05) is 37.7 Å². The molecule has 0 saturated carbocycles. The van der Waals surface area contributed by atoms with Crippen LogP contribution in [0, 0.1) is 5.92 Å². The van der Waals surface area contributed by atoms with E-state index < -0.39 is 10.0 Å². The minimum absolute atomic E-state index is 0.0373. The quantitative estimate of drug-likeness (QED) is 0.750. The first-order valence-corrected chi connectivity index (χ1v) is 11.5. The lowest BCUT2D eigenvalue weighted by Gasteiger charge is -2.32. The van der Waals surface area contributed by atoms with Crippen LogP contribution in [0.25, 0.3) is 0 Å². The minimum atomic E-state index is -3.00. The molecule has 0 N–H and O–H groups in total. The molecular weight excluding hydrogens is 364 g/mol. The maximum absolute atomic E-state index is 12.2. The zero-order valence-corrected chi connectivity index (χ0v) is 17.5. The Morgan fingerprint density at radius 2 is 1.81 bits per heavy atom. The van der Waals surface area contributed by atoms with Gasteiger partial charge in [0.05, 0.1) is 11.4 Å². The molecular formula is C19H32N4O3S. The van der Waals surface area contributed by atoms with Crippen molar-refractivity contribution in [2.24, 2.45) is 5.92 Å². The van der Waals surface area contributed by atoms with Crippen LogP contribution >= 0.6 is 0 Å². The Labute approximate surface area is 162 Å². The summed E-state index contributed by atoms with van der Waals surface area (Å²) in [4.78, 5) is 14.5. The summed E-state index contributed by atoms with van der Waals surface area (Å²) in [6.45, 7) is 10.9. The van der Waals surface area contributed by atoms with Gasteiger partial charge in [-0.1, -0.05) is 20.8 Å². The summed E-state index contributed by atoms with van der Waals surface area (Å²) in [5.74, 6) is 0.738. The molecule has 2 fully saturated rings. The summed E-state index contributed by atoms with van der Waals surface area (Å²) in [5, 5.41) is 4.58. The standard InChI is InChI=1S/C19H32N4O3S/c1-19(2,3)17-5-6-18(24)23(20-17)15-16-7-10-21(11-8-16)12-13-22-9-4-14-27(22,25)26/h5-6,16H,4,7-15H2,1-3H3. The third-order valence-electron chi connectivity index (χ3n) is 5.64. The molecule has 0 radical (unpaired) electrons. The summed E-state index contributed by atoms with van der Waals surface area (Å²) in [6, 6.07) is 3.45. The maximum Gasteiger partial charge on any atom is 0.266 e. The van der Waals surface area contributed by atoms with Crippen molar-refractivity contribution >= 4 is 10.0 Å². The molecule has 0 aromatic carbocycles. The van der Waals surface area contributed by atoms with Crippen molar-refractivity contribution in [3.63, 3.8) is 0 Å².